The summed E-state index contributed by atoms with van der Waals surface area (Å²) in [6.45, 7) is 0.376. The molecule has 0 aliphatic carbocycles. The molecule has 1 N–H and O–H groups in total. The third-order valence-electron chi connectivity index (χ3n) is 4.53. The Morgan fingerprint density at radius 2 is 2.04 bits per heavy atom. The van der Waals surface area contributed by atoms with Crippen LogP contribution in [0.5, 0.6) is 0 Å². The monoisotopic (exact) mass is 324 g/mol. The molecule has 24 heavy (non-hydrogen) atoms. The van der Waals surface area contributed by atoms with Crippen molar-refractivity contribution in [1.82, 2.24) is 20.0 Å². The molecule has 1 unspecified atom stereocenters. The largest absolute Gasteiger partial charge is 0.322 e. The minimum Gasteiger partial charge on any atom is -0.322 e. The fourth-order valence-corrected chi connectivity index (χ4v) is 3.30. The number of fused-ring (bicyclic) bond motifs is 1. The number of hydrogen-bond donors (Lipinski definition) is 1. The average Bonchev–Trinajstić information content (AvgIpc) is 3.11. The summed E-state index contributed by atoms with van der Waals surface area (Å²) in [7, 11) is 1.85. The van der Waals surface area contributed by atoms with Crippen molar-refractivity contribution in [2.75, 3.05) is 0 Å². The van der Waals surface area contributed by atoms with Gasteiger partial charge in [-0.1, -0.05) is 6.07 Å². The van der Waals surface area contributed by atoms with Gasteiger partial charge < -0.3 is 4.90 Å². The molecule has 0 bridgehead atoms. The lowest BCUT2D eigenvalue weighted by Crippen LogP contribution is -2.52. The number of nitrogens with zero attached hydrogens (tertiary/aromatic N) is 3. The summed E-state index contributed by atoms with van der Waals surface area (Å²) in [6.07, 6.45) is 2.50. The molecule has 7 heteroatoms. The fraction of sp³-hybridized carbons (Fsp3) is 0.294. The lowest BCUT2D eigenvalue weighted by atomic mass is 10.0. The van der Waals surface area contributed by atoms with Gasteiger partial charge in [-0.25, -0.2) is 0 Å². The predicted octanol–water partition coefficient (Wildman–Crippen LogP) is 0.848. The number of benzene rings is 1. The van der Waals surface area contributed by atoms with Crippen molar-refractivity contribution < 1.29 is 14.4 Å². The van der Waals surface area contributed by atoms with Gasteiger partial charge in [0.2, 0.25) is 11.8 Å². The van der Waals surface area contributed by atoms with Crippen LogP contribution in [0.3, 0.4) is 0 Å². The van der Waals surface area contributed by atoms with Gasteiger partial charge in [0, 0.05) is 37.3 Å². The molecule has 1 atom stereocenters. The molecule has 2 aromatic rings. The first kappa shape index (κ1) is 14.6. The third kappa shape index (κ3) is 2.29. The Labute approximate surface area is 138 Å². The van der Waals surface area contributed by atoms with Gasteiger partial charge in [-0.05, 0) is 30.2 Å². The lowest BCUT2D eigenvalue weighted by Gasteiger charge is -2.29. The van der Waals surface area contributed by atoms with Crippen LogP contribution in [0.2, 0.25) is 0 Å². The number of amides is 3. The maximum absolute atomic E-state index is 12.6. The number of carbonyl (C=O) groups excluding carboxylic acids is 3. The van der Waals surface area contributed by atoms with Crippen molar-refractivity contribution >= 4 is 17.7 Å². The molecule has 122 valence electrons. The number of hydrogen-bond acceptors (Lipinski definition) is 4. The summed E-state index contributed by atoms with van der Waals surface area (Å²) in [5.74, 6) is -0.831. The van der Waals surface area contributed by atoms with E-state index in [4.69, 9.17) is 0 Å². The standard InChI is InChI=1S/C17H16N4O3/c1-20-7-6-13(19-20)10-2-3-12-11(8-10)9-21(17(12)24)14-4-5-15(22)18-16(14)23/h2-3,6-8,14H,4-5,9H2,1H3,(H,18,22,23). The zero-order chi connectivity index (χ0) is 16.8. The molecule has 4 rings (SSSR count). The quantitative estimate of drug-likeness (QED) is 0.830. The number of aryl methyl sites for hydroxylation is 1. The summed E-state index contributed by atoms with van der Waals surface area (Å²) in [6, 6.07) is 6.93. The normalized spacial score (nSPS) is 20.3. The lowest BCUT2D eigenvalue weighted by molar-refractivity contribution is -0.136. The molecule has 1 saturated heterocycles. The molecule has 0 spiro atoms. The van der Waals surface area contributed by atoms with E-state index >= 15 is 0 Å². The highest BCUT2D eigenvalue weighted by Crippen LogP contribution is 2.30. The second kappa shape index (κ2) is 5.30. The van der Waals surface area contributed by atoms with Gasteiger partial charge in [-0.3, -0.25) is 24.4 Å². The van der Waals surface area contributed by atoms with E-state index in [9.17, 15) is 14.4 Å². The summed E-state index contributed by atoms with van der Waals surface area (Å²) in [4.78, 5) is 37.5. The smallest absolute Gasteiger partial charge is 0.255 e. The van der Waals surface area contributed by atoms with Crippen LogP contribution < -0.4 is 5.32 Å². The molecule has 0 radical (unpaired) electrons. The summed E-state index contributed by atoms with van der Waals surface area (Å²) in [5.41, 5.74) is 3.27. The molecule has 1 fully saturated rings. The maximum atomic E-state index is 12.6. The Morgan fingerprint density at radius 1 is 1.21 bits per heavy atom. The maximum Gasteiger partial charge on any atom is 0.255 e. The van der Waals surface area contributed by atoms with Crippen LogP contribution in [0, 0.1) is 0 Å². The van der Waals surface area contributed by atoms with E-state index in [-0.39, 0.29) is 18.2 Å². The SMILES string of the molecule is Cn1ccc(-c2ccc3c(c2)CN(C2CCC(=O)NC2=O)C3=O)n1. The van der Waals surface area contributed by atoms with E-state index in [1.165, 1.54) is 0 Å². The van der Waals surface area contributed by atoms with Crippen LogP contribution in [-0.2, 0) is 23.2 Å². The van der Waals surface area contributed by atoms with E-state index in [1.54, 1.807) is 15.6 Å². The Balaban J connectivity index is 1.62. The van der Waals surface area contributed by atoms with Crippen molar-refractivity contribution in [2.45, 2.75) is 25.4 Å². The second-order valence-electron chi connectivity index (χ2n) is 6.15. The van der Waals surface area contributed by atoms with E-state index in [0.717, 1.165) is 16.8 Å². The number of aromatic nitrogens is 2. The minimum atomic E-state index is -0.582. The van der Waals surface area contributed by atoms with Gasteiger partial charge in [0.1, 0.15) is 6.04 Å². The van der Waals surface area contributed by atoms with Crippen LogP contribution in [0.15, 0.2) is 30.5 Å². The molecule has 3 amide bonds. The van der Waals surface area contributed by atoms with Gasteiger partial charge in [0.15, 0.2) is 0 Å². The van der Waals surface area contributed by atoms with Crippen molar-refractivity contribution in [2.24, 2.45) is 7.05 Å². The molecule has 3 heterocycles. The number of nitrogens with one attached hydrogen (secondary N) is 1. The van der Waals surface area contributed by atoms with Crippen molar-refractivity contribution in [3.05, 3.63) is 41.6 Å². The zero-order valence-electron chi connectivity index (χ0n) is 13.2. The van der Waals surface area contributed by atoms with Gasteiger partial charge in [0.25, 0.3) is 5.91 Å². The molecule has 2 aliphatic rings. The van der Waals surface area contributed by atoms with Gasteiger partial charge in [-0.15, -0.1) is 0 Å². The summed E-state index contributed by atoms with van der Waals surface area (Å²) in [5, 5.41) is 6.68. The summed E-state index contributed by atoms with van der Waals surface area (Å²) < 4.78 is 1.73. The van der Waals surface area contributed by atoms with Crippen LogP contribution >= 0.6 is 0 Å². The molecule has 1 aromatic carbocycles. The van der Waals surface area contributed by atoms with Gasteiger partial charge >= 0.3 is 0 Å². The average molecular weight is 324 g/mol. The number of piperidine rings is 1. The Bertz CT molecular complexity index is 870. The predicted molar refractivity (Wildman–Crippen MR) is 84.7 cm³/mol. The van der Waals surface area contributed by atoms with E-state index < -0.39 is 11.9 Å². The van der Waals surface area contributed by atoms with Crippen LogP contribution in [-0.4, -0.2) is 38.4 Å². The highest BCUT2D eigenvalue weighted by Gasteiger charge is 2.39. The molecular formula is C17H16N4O3. The molecular weight excluding hydrogens is 308 g/mol. The van der Waals surface area contributed by atoms with Crippen LogP contribution in [0.25, 0.3) is 11.3 Å². The van der Waals surface area contributed by atoms with Crippen molar-refractivity contribution in [3.63, 3.8) is 0 Å². The molecule has 1 aromatic heterocycles. The van der Waals surface area contributed by atoms with Crippen molar-refractivity contribution in [1.29, 1.82) is 0 Å². The first-order valence-electron chi connectivity index (χ1n) is 7.80. The van der Waals surface area contributed by atoms with E-state index in [2.05, 4.69) is 10.4 Å². The number of imide groups is 1. The zero-order valence-corrected chi connectivity index (χ0v) is 13.2. The Kier molecular flexibility index (Phi) is 3.23. The number of carbonyl (C=O) groups is 3. The van der Waals surface area contributed by atoms with Crippen LogP contribution in [0.1, 0.15) is 28.8 Å². The van der Waals surface area contributed by atoms with Crippen molar-refractivity contribution in [3.8, 4) is 11.3 Å². The highest BCUT2D eigenvalue weighted by atomic mass is 16.2. The van der Waals surface area contributed by atoms with E-state index in [1.807, 2.05) is 31.4 Å². The topological polar surface area (TPSA) is 84.3 Å². The number of rotatable bonds is 2. The molecule has 2 aliphatic heterocycles. The minimum absolute atomic E-state index is 0.160. The third-order valence-corrected chi connectivity index (χ3v) is 4.53. The first-order chi connectivity index (χ1) is 11.5. The van der Waals surface area contributed by atoms with E-state index in [0.29, 0.717) is 18.5 Å². The summed E-state index contributed by atoms with van der Waals surface area (Å²) >= 11 is 0. The highest BCUT2D eigenvalue weighted by molar-refractivity contribution is 6.05. The van der Waals surface area contributed by atoms with Gasteiger partial charge in [0.05, 0.1) is 5.69 Å². The first-order valence-corrected chi connectivity index (χ1v) is 7.80. The van der Waals surface area contributed by atoms with Gasteiger partial charge in [-0.2, -0.15) is 5.10 Å². The fourth-order valence-electron chi connectivity index (χ4n) is 3.30. The molecule has 7 nitrogen and oxygen atoms in total. The Hall–Kier alpha value is -2.96. The van der Waals surface area contributed by atoms with Crippen LogP contribution in [0.4, 0.5) is 0 Å². The Morgan fingerprint density at radius 3 is 2.75 bits per heavy atom. The second-order valence-corrected chi connectivity index (χ2v) is 6.15. The molecule has 0 saturated carbocycles.